The van der Waals surface area contributed by atoms with Crippen LogP contribution in [0.5, 0.6) is 0 Å². The van der Waals surface area contributed by atoms with Crippen molar-refractivity contribution in [3.05, 3.63) is 59.2 Å². The second kappa shape index (κ2) is 8.02. The molecule has 8 heteroatoms. The molecule has 0 amide bonds. The smallest absolute Gasteiger partial charge is 0.425 e. The summed E-state index contributed by atoms with van der Waals surface area (Å²) in [4.78, 5) is 13.8. The molecule has 0 saturated carbocycles. The van der Waals surface area contributed by atoms with Crippen LogP contribution in [0.15, 0.2) is 52.0 Å². The SMILES string of the molecule is CCc1cc2cc(/C(C)=N/OCC(F)(F)F)ccc2nc1-c1nc2cc(C)ccc2o1. The molecular formula is C23H20F3N3O2. The van der Waals surface area contributed by atoms with Gasteiger partial charge in [-0.2, -0.15) is 13.2 Å². The number of aromatic nitrogens is 2. The number of benzene rings is 2. The quantitative estimate of drug-likeness (QED) is 0.280. The molecule has 4 aromatic rings. The molecule has 160 valence electrons. The number of rotatable bonds is 5. The zero-order chi connectivity index (χ0) is 22.2. The Labute approximate surface area is 176 Å². The van der Waals surface area contributed by atoms with Crippen molar-refractivity contribution in [1.82, 2.24) is 9.97 Å². The van der Waals surface area contributed by atoms with Gasteiger partial charge in [-0.05, 0) is 67.3 Å². The second-order valence-corrected chi connectivity index (χ2v) is 7.31. The lowest BCUT2D eigenvalue weighted by Crippen LogP contribution is -2.15. The number of halogens is 3. The summed E-state index contributed by atoms with van der Waals surface area (Å²) in [5.41, 5.74) is 5.93. The summed E-state index contributed by atoms with van der Waals surface area (Å²) < 4.78 is 42.7. The molecule has 0 atom stereocenters. The van der Waals surface area contributed by atoms with E-state index in [1.807, 2.05) is 44.2 Å². The van der Waals surface area contributed by atoms with Gasteiger partial charge in [-0.15, -0.1) is 0 Å². The van der Waals surface area contributed by atoms with Gasteiger partial charge >= 0.3 is 6.18 Å². The van der Waals surface area contributed by atoms with Gasteiger partial charge in [0.1, 0.15) is 11.2 Å². The molecule has 0 aliphatic heterocycles. The maximum absolute atomic E-state index is 12.3. The average molecular weight is 427 g/mol. The van der Waals surface area contributed by atoms with Gasteiger partial charge in [0, 0.05) is 5.39 Å². The van der Waals surface area contributed by atoms with E-state index in [1.165, 1.54) is 0 Å². The normalized spacial score (nSPS) is 12.6. The molecule has 0 spiro atoms. The third-order valence-corrected chi connectivity index (χ3v) is 4.87. The van der Waals surface area contributed by atoms with Crippen molar-refractivity contribution in [3.8, 4) is 11.6 Å². The molecule has 0 aliphatic carbocycles. The van der Waals surface area contributed by atoms with Crippen molar-refractivity contribution in [1.29, 1.82) is 0 Å². The number of hydrogen-bond donors (Lipinski definition) is 0. The van der Waals surface area contributed by atoms with E-state index in [2.05, 4.69) is 15.0 Å². The topological polar surface area (TPSA) is 60.5 Å². The largest absolute Gasteiger partial charge is 0.435 e. The highest BCUT2D eigenvalue weighted by Gasteiger charge is 2.28. The van der Waals surface area contributed by atoms with Gasteiger partial charge in [0.05, 0.1) is 11.2 Å². The molecule has 0 aliphatic rings. The van der Waals surface area contributed by atoms with Gasteiger partial charge < -0.3 is 9.25 Å². The first-order chi connectivity index (χ1) is 14.7. The Kier molecular flexibility index (Phi) is 5.39. The molecule has 31 heavy (non-hydrogen) atoms. The van der Waals surface area contributed by atoms with Gasteiger partial charge in [0.25, 0.3) is 0 Å². The molecule has 0 saturated heterocycles. The Balaban J connectivity index is 1.71. The zero-order valence-corrected chi connectivity index (χ0v) is 17.2. The van der Waals surface area contributed by atoms with Crippen LogP contribution in [0.25, 0.3) is 33.6 Å². The Morgan fingerprint density at radius 3 is 2.61 bits per heavy atom. The molecule has 2 aromatic carbocycles. The first-order valence-electron chi connectivity index (χ1n) is 9.78. The summed E-state index contributed by atoms with van der Waals surface area (Å²) in [5.74, 6) is 0.460. The highest BCUT2D eigenvalue weighted by atomic mass is 19.4. The van der Waals surface area contributed by atoms with Crippen molar-refractivity contribution < 1.29 is 22.4 Å². The van der Waals surface area contributed by atoms with E-state index in [0.717, 1.165) is 27.5 Å². The number of hydrogen-bond acceptors (Lipinski definition) is 5. The van der Waals surface area contributed by atoms with Crippen molar-refractivity contribution in [2.24, 2.45) is 5.16 Å². The number of nitrogens with zero attached hydrogens (tertiary/aromatic N) is 3. The van der Waals surface area contributed by atoms with Crippen LogP contribution in [0.1, 0.15) is 30.5 Å². The summed E-state index contributed by atoms with van der Waals surface area (Å²) in [6.45, 7) is 4.19. The second-order valence-electron chi connectivity index (χ2n) is 7.31. The molecule has 0 fully saturated rings. The van der Waals surface area contributed by atoms with E-state index in [4.69, 9.17) is 9.40 Å². The number of pyridine rings is 1. The molecule has 2 aromatic heterocycles. The molecule has 0 unspecified atom stereocenters. The van der Waals surface area contributed by atoms with E-state index in [9.17, 15) is 13.2 Å². The molecule has 5 nitrogen and oxygen atoms in total. The third kappa shape index (κ3) is 4.52. The Hall–Kier alpha value is -3.42. The van der Waals surface area contributed by atoms with Crippen LogP contribution >= 0.6 is 0 Å². The van der Waals surface area contributed by atoms with Gasteiger partial charge in [-0.1, -0.05) is 24.2 Å². The first kappa shape index (κ1) is 20.8. The fourth-order valence-electron chi connectivity index (χ4n) is 3.29. The maximum Gasteiger partial charge on any atom is 0.425 e. The third-order valence-electron chi connectivity index (χ3n) is 4.87. The average Bonchev–Trinajstić information content (AvgIpc) is 3.14. The van der Waals surface area contributed by atoms with Crippen molar-refractivity contribution in [2.45, 2.75) is 33.4 Å². The van der Waals surface area contributed by atoms with E-state index in [0.29, 0.717) is 34.9 Å². The first-order valence-corrected chi connectivity index (χ1v) is 9.78. The minimum Gasteiger partial charge on any atom is -0.435 e. The molecule has 0 bridgehead atoms. The molecular weight excluding hydrogens is 407 g/mol. The molecule has 2 heterocycles. The minimum absolute atomic E-state index is 0.350. The summed E-state index contributed by atoms with van der Waals surface area (Å²) in [5, 5.41) is 4.42. The maximum atomic E-state index is 12.3. The monoisotopic (exact) mass is 427 g/mol. The highest BCUT2D eigenvalue weighted by Crippen LogP contribution is 2.29. The van der Waals surface area contributed by atoms with E-state index >= 15 is 0 Å². The van der Waals surface area contributed by atoms with Crippen LogP contribution in [0.4, 0.5) is 13.2 Å². The Morgan fingerprint density at radius 1 is 1.06 bits per heavy atom. The highest BCUT2D eigenvalue weighted by molar-refractivity contribution is 6.01. The summed E-state index contributed by atoms with van der Waals surface area (Å²) >= 11 is 0. The fraction of sp³-hybridized carbons (Fsp3) is 0.261. The fourth-order valence-corrected chi connectivity index (χ4v) is 3.29. The van der Waals surface area contributed by atoms with E-state index in [1.54, 1.807) is 19.1 Å². The molecule has 0 radical (unpaired) electrons. The lowest BCUT2D eigenvalue weighted by atomic mass is 10.0. The predicted octanol–water partition coefficient (Wildman–Crippen LogP) is 6.22. The van der Waals surface area contributed by atoms with Crippen LogP contribution in [0.3, 0.4) is 0 Å². The van der Waals surface area contributed by atoms with Crippen LogP contribution in [0, 0.1) is 6.92 Å². The lowest BCUT2D eigenvalue weighted by Gasteiger charge is -2.09. The number of oxime groups is 1. The molecule has 4 rings (SSSR count). The van der Waals surface area contributed by atoms with Crippen LogP contribution in [-0.2, 0) is 11.3 Å². The van der Waals surface area contributed by atoms with Crippen LogP contribution < -0.4 is 0 Å². The van der Waals surface area contributed by atoms with E-state index < -0.39 is 12.8 Å². The summed E-state index contributed by atoms with van der Waals surface area (Å²) in [7, 11) is 0. The Bertz CT molecular complexity index is 1290. The van der Waals surface area contributed by atoms with Crippen LogP contribution in [0.2, 0.25) is 0 Å². The van der Waals surface area contributed by atoms with Gasteiger partial charge in [0.2, 0.25) is 12.5 Å². The van der Waals surface area contributed by atoms with Crippen LogP contribution in [-0.4, -0.2) is 28.5 Å². The Morgan fingerprint density at radius 2 is 1.87 bits per heavy atom. The van der Waals surface area contributed by atoms with Gasteiger partial charge in [0.15, 0.2) is 5.58 Å². The number of fused-ring (bicyclic) bond motifs is 2. The zero-order valence-electron chi connectivity index (χ0n) is 17.2. The number of oxazole rings is 1. The van der Waals surface area contributed by atoms with Crippen molar-refractivity contribution >= 4 is 27.7 Å². The van der Waals surface area contributed by atoms with Crippen molar-refractivity contribution in [2.75, 3.05) is 6.61 Å². The number of alkyl halides is 3. The summed E-state index contributed by atoms with van der Waals surface area (Å²) in [6, 6.07) is 13.2. The minimum atomic E-state index is -4.42. The van der Waals surface area contributed by atoms with Gasteiger partial charge in [-0.25, -0.2) is 9.97 Å². The number of aryl methyl sites for hydroxylation is 2. The van der Waals surface area contributed by atoms with E-state index in [-0.39, 0.29) is 0 Å². The lowest BCUT2D eigenvalue weighted by molar-refractivity contribution is -0.173. The van der Waals surface area contributed by atoms with Gasteiger partial charge in [-0.3, -0.25) is 0 Å². The summed E-state index contributed by atoms with van der Waals surface area (Å²) in [6.07, 6.45) is -3.71. The standard InChI is InChI=1S/C23H20F3N3O2/c1-4-15-10-17-11-16(14(3)29-30-12-23(24,25)26)6-7-18(17)27-21(15)22-28-19-9-13(2)5-8-20(19)31-22/h5-11H,4,12H2,1-3H3/b29-14+. The van der Waals surface area contributed by atoms with Crippen molar-refractivity contribution in [3.63, 3.8) is 0 Å². The molecule has 0 N–H and O–H groups in total. The predicted molar refractivity (Wildman–Crippen MR) is 113 cm³/mol.